The monoisotopic (exact) mass is 199 g/mol. The van der Waals surface area contributed by atoms with Gasteiger partial charge in [0, 0.05) is 19.6 Å². The number of aliphatic hydroxyl groups is 1. The predicted octanol–water partition coefficient (Wildman–Crippen LogP) is -0.341. The first-order chi connectivity index (χ1) is 6.74. The van der Waals surface area contributed by atoms with Gasteiger partial charge in [0.1, 0.15) is 5.54 Å². The molecule has 14 heavy (non-hydrogen) atoms. The van der Waals surface area contributed by atoms with Crippen molar-refractivity contribution < 1.29 is 14.6 Å². The minimum Gasteiger partial charge on any atom is -0.394 e. The van der Waals surface area contributed by atoms with Gasteiger partial charge in [-0.1, -0.05) is 0 Å². The van der Waals surface area contributed by atoms with Crippen molar-refractivity contribution in [1.29, 1.82) is 0 Å². The third kappa shape index (κ3) is 1.21. The lowest BCUT2D eigenvalue weighted by Crippen LogP contribution is -2.54. The van der Waals surface area contributed by atoms with Crippen LogP contribution in [-0.4, -0.2) is 54.7 Å². The molecule has 0 aromatic carbocycles. The minimum absolute atomic E-state index is 0.115. The summed E-state index contributed by atoms with van der Waals surface area (Å²) in [7, 11) is 1.58. The number of hydrogen-bond donors (Lipinski definition) is 1. The van der Waals surface area contributed by atoms with Crippen molar-refractivity contribution in [3.05, 3.63) is 0 Å². The number of methoxy groups -OCH3 is 1. The molecule has 80 valence electrons. The normalized spacial score (nSPS) is 41.7. The van der Waals surface area contributed by atoms with Gasteiger partial charge >= 0.3 is 0 Å². The van der Waals surface area contributed by atoms with Crippen LogP contribution in [0.2, 0.25) is 0 Å². The van der Waals surface area contributed by atoms with E-state index in [0.29, 0.717) is 6.61 Å². The lowest BCUT2D eigenvalue weighted by molar-refractivity contribution is -0.132. The molecule has 2 heterocycles. The fourth-order valence-electron chi connectivity index (χ4n) is 2.74. The van der Waals surface area contributed by atoms with Crippen LogP contribution in [0, 0.1) is 5.92 Å². The van der Waals surface area contributed by atoms with Crippen LogP contribution in [0.5, 0.6) is 0 Å². The van der Waals surface area contributed by atoms with E-state index >= 15 is 0 Å². The Morgan fingerprint density at radius 3 is 3.07 bits per heavy atom. The van der Waals surface area contributed by atoms with Crippen LogP contribution in [0.3, 0.4) is 0 Å². The summed E-state index contributed by atoms with van der Waals surface area (Å²) in [6.07, 6.45) is 2.03. The molecular formula is C10H17NO3. The van der Waals surface area contributed by atoms with Gasteiger partial charge in [-0.2, -0.15) is 0 Å². The smallest absolute Gasteiger partial charge is 0.162 e. The molecule has 4 nitrogen and oxygen atoms in total. The highest BCUT2D eigenvalue weighted by Gasteiger charge is 2.54. The summed E-state index contributed by atoms with van der Waals surface area (Å²) in [6, 6.07) is 0. The first-order valence-corrected chi connectivity index (χ1v) is 5.14. The average molecular weight is 199 g/mol. The summed E-state index contributed by atoms with van der Waals surface area (Å²) < 4.78 is 5.08. The van der Waals surface area contributed by atoms with Crippen LogP contribution in [-0.2, 0) is 9.53 Å². The van der Waals surface area contributed by atoms with Crippen LogP contribution in [0.4, 0.5) is 0 Å². The summed E-state index contributed by atoms with van der Waals surface area (Å²) in [4.78, 5) is 14.1. The van der Waals surface area contributed by atoms with Crippen molar-refractivity contribution in [2.24, 2.45) is 5.92 Å². The number of hydrogen-bond acceptors (Lipinski definition) is 4. The van der Waals surface area contributed by atoms with E-state index in [9.17, 15) is 9.90 Å². The Hall–Kier alpha value is -0.450. The molecule has 0 aromatic heterocycles. The van der Waals surface area contributed by atoms with Crippen molar-refractivity contribution in [3.63, 3.8) is 0 Å². The molecule has 0 spiro atoms. The second-order valence-corrected chi connectivity index (χ2v) is 4.27. The first-order valence-electron chi connectivity index (χ1n) is 5.14. The molecule has 2 aliphatic heterocycles. The average Bonchev–Trinajstić information content (AvgIpc) is 2.41. The fourth-order valence-corrected chi connectivity index (χ4v) is 2.74. The number of carbonyl (C=O) groups is 1. The van der Waals surface area contributed by atoms with Crippen LogP contribution >= 0.6 is 0 Å². The highest BCUT2D eigenvalue weighted by Crippen LogP contribution is 2.36. The topological polar surface area (TPSA) is 49.8 Å². The van der Waals surface area contributed by atoms with Gasteiger partial charge in [0.2, 0.25) is 0 Å². The maximum atomic E-state index is 12.0. The second kappa shape index (κ2) is 3.61. The number of Topliss-reactive ketones (excluding diaryl/α,β-unsaturated/α-hetero) is 1. The van der Waals surface area contributed by atoms with E-state index in [1.165, 1.54) is 0 Å². The van der Waals surface area contributed by atoms with Crippen molar-refractivity contribution in [3.8, 4) is 0 Å². The molecule has 0 saturated carbocycles. The summed E-state index contributed by atoms with van der Waals surface area (Å²) in [5, 5.41) is 9.42. The Labute approximate surface area is 83.8 Å². The van der Waals surface area contributed by atoms with Gasteiger partial charge in [0.25, 0.3) is 0 Å². The van der Waals surface area contributed by atoms with Gasteiger partial charge in [0.05, 0.1) is 13.2 Å². The van der Waals surface area contributed by atoms with E-state index < -0.39 is 5.54 Å². The van der Waals surface area contributed by atoms with Crippen molar-refractivity contribution in [2.75, 3.05) is 33.4 Å². The van der Waals surface area contributed by atoms with Crippen LogP contribution in [0.25, 0.3) is 0 Å². The molecule has 3 atom stereocenters. The highest BCUT2D eigenvalue weighted by molar-refractivity contribution is 5.93. The van der Waals surface area contributed by atoms with E-state index in [0.717, 1.165) is 25.9 Å². The largest absolute Gasteiger partial charge is 0.394 e. The molecule has 2 fully saturated rings. The minimum atomic E-state index is -0.726. The van der Waals surface area contributed by atoms with Crippen molar-refractivity contribution >= 4 is 5.78 Å². The van der Waals surface area contributed by atoms with E-state index in [1.54, 1.807) is 7.11 Å². The zero-order chi connectivity index (χ0) is 10.2. The SMILES string of the molecule is COC[C@]1(CO)C(=O)[C@H]2CCCN1C2. The standard InChI is InChI=1S/C10H17NO3/c1-14-7-10(6-12)9(13)8-3-2-4-11(10)5-8/h8,12H,2-7H2,1H3/t8-,10+/m0/s1. The first kappa shape index (κ1) is 10.1. The Morgan fingerprint density at radius 1 is 1.71 bits per heavy atom. The molecule has 2 saturated heterocycles. The summed E-state index contributed by atoms with van der Waals surface area (Å²) in [5.74, 6) is 0.311. The van der Waals surface area contributed by atoms with Gasteiger partial charge in [-0.25, -0.2) is 0 Å². The molecule has 0 aliphatic carbocycles. The molecule has 0 amide bonds. The Kier molecular flexibility index (Phi) is 2.60. The van der Waals surface area contributed by atoms with Crippen LogP contribution < -0.4 is 0 Å². The summed E-state index contributed by atoms with van der Waals surface area (Å²) in [5.41, 5.74) is -0.726. The number of rotatable bonds is 3. The maximum absolute atomic E-state index is 12.0. The Balaban J connectivity index is 2.26. The van der Waals surface area contributed by atoms with Gasteiger partial charge < -0.3 is 9.84 Å². The molecule has 4 heteroatoms. The molecule has 0 aromatic rings. The van der Waals surface area contributed by atoms with Gasteiger partial charge in [0.15, 0.2) is 5.78 Å². The molecule has 1 unspecified atom stereocenters. The van der Waals surface area contributed by atoms with Gasteiger partial charge in [-0.05, 0) is 19.4 Å². The van der Waals surface area contributed by atoms with Crippen LogP contribution in [0.1, 0.15) is 12.8 Å². The summed E-state index contributed by atoms with van der Waals surface area (Å²) in [6.45, 7) is 1.92. The molecular weight excluding hydrogens is 182 g/mol. The molecule has 2 aliphatic rings. The van der Waals surface area contributed by atoms with E-state index in [4.69, 9.17) is 4.74 Å². The number of ketones is 1. The van der Waals surface area contributed by atoms with Crippen molar-refractivity contribution in [1.82, 2.24) is 4.90 Å². The maximum Gasteiger partial charge on any atom is 0.162 e. The molecule has 2 rings (SSSR count). The highest BCUT2D eigenvalue weighted by atomic mass is 16.5. The molecule has 2 bridgehead atoms. The van der Waals surface area contributed by atoms with Crippen molar-refractivity contribution in [2.45, 2.75) is 18.4 Å². The number of nitrogens with zero attached hydrogens (tertiary/aromatic N) is 1. The quantitative estimate of drug-likeness (QED) is 0.675. The van der Waals surface area contributed by atoms with Gasteiger partial charge in [-0.15, -0.1) is 0 Å². The number of carbonyl (C=O) groups excluding carboxylic acids is 1. The lowest BCUT2D eigenvalue weighted by Gasteiger charge is -2.34. The third-order valence-corrected chi connectivity index (χ3v) is 3.50. The van der Waals surface area contributed by atoms with E-state index in [2.05, 4.69) is 4.90 Å². The predicted molar refractivity (Wildman–Crippen MR) is 51.0 cm³/mol. The zero-order valence-corrected chi connectivity index (χ0v) is 8.53. The Morgan fingerprint density at radius 2 is 2.50 bits per heavy atom. The number of ether oxygens (including phenoxy) is 1. The lowest BCUT2D eigenvalue weighted by atomic mass is 9.91. The van der Waals surface area contributed by atoms with Gasteiger partial charge in [-0.3, -0.25) is 9.69 Å². The number of fused-ring (bicyclic) bond motifs is 2. The van der Waals surface area contributed by atoms with Crippen LogP contribution in [0.15, 0.2) is 0 Å². The summed E-state index contributed by atoms with van der Waals surface area (Å²) >= 11 is 0. The second-order valence-electron chi connectivity index (χ2n) is 4.27. The molecule has 1 N–H and O–H groups in total. The van der Waals surface area contributed by atoms with E-state index in [-0.39, 0.29) is 18.3 Å². The van der Waals surface area contributed by atoms with E-state index in [1.807, 2.05) is 0 Å². The third-order valence-electron chi connectivity index (χ3n) is 3.50. The Bertz CT molecular complexity index is 244. The fraction of sp³-hybridized carbons (Fsp3) is 0.900. The zero-order valence-electron chi connectivity index (χ0n) is 8.53. The molecule has 0 radical (unpaired) electrons. The number of piperidine rings is 1. The number of aliphatic hydroxyl groups excluding tert-OH is 1.